The van der Waals surface area contributed by atoms with Gasteiger partial charge in [0.2, 0.25) is 10.4 Å². The Labute approximate surface area is 103 Å². The van der Waals surface area contributed by atoms with Gasteiger partial charge < -0.3 is 19.5 Å². The molecule has 104 valence electrons. The minimum absolute atomic E-state index is 0.808. The summed E-state index contributed by atoms with van der Waals surface area (Å²) in [6.45, 7) is 6.16. The van der Waals surface area contributed by atoms with Crippen LogP contribution in [0.2, 0.25) is 0 Å². The van der Waals surface area contributed by atoms with Crippen molar-refractivity contribution in [1.82, 2.24) is 0 Å². The van der Waals surface area contributed by atoms with Gasteiger partial charge in [-0.2, -0.15) is 0 Å². The fraction of sp³-hybridized carbons (Fsp3) is 1.00. The number of rotatable bonds is 4. The summed E-state index contributed by atoms with van der Waals surface area (Å²) in [5.41, 5.74) is 5.46. The van der Waals surface area contributed by atoms with Crippen molar-refractivity contribution in [3.8, 4) is 0 Å². The van der Waals surface area contributed by atoms with Gasteiger partial charge in [0.25, 0.3) is 0 Å². The van der Waals surface area contributed by atoms with E-state index < -0.39 is 10.4 Å². The van der Waals surface area contributed by atoms with Gasteiger partial charge in [0, 0.05) is 6.42 Å². The van der Waals surface area contributed by atoms with E-state index in [9.17, 15) is 13.0 Å². The molecule has 0 aliphatic carbocycles. The number of morpholine rings is 1. The molecule has 0 aromatic heterocycles. The summed E-state index contributed by atoms with van der Waals surface area (Å²) in [5.74, 6) is 0. The molecule has 1 rings (SSSR count). The quantitative estimate of drug-likeness (QED) is 0.395. The molecule has 0 aromatic rings. The standard InChI is InChI=1S/C8H19N2O.CH4O4S/c1-10(4-2-3-9)5-7-11-8-6-10;1-5-6(2,3)4/h2-9H2,1H3;1H3,(H,2,3,4)/q+1;/p-1. The topological polar surface area (TPSA) is 102 Å². The van der Waals surface area contributed by atoms with Crippen LogP contribution in [0.15, 0.2) is 0 Å². The summed E-state index contributed by atoms with van der Waals surface area (Å²) in [6, 6.07) is 0. The Morgan fingerprint density at radius 2 is 1.88 bits per heavy atom. The van der Waals surface area contributed by atoms with Crippen LogP contribution in [0.3, 0.4) is 0 Å². The molecule has 17 heavy (non-hydrogen) atoms. The van der Waals surface area contributed by atoms with Crippen molar-refractivity contribution >= 4 is 10.4 Å². The summed E-state index contributed by atoms with van der Waals surface area (Å²) < 4.78 is 37.5. The maximum atomic E-state index is 9.22. The summed E-state index contributed by atoms with van der Waals surface area (Å²) in [5, 5.41) is 0. The predicted octanol–water partition coefficient (Wildman–Crippen LogP) is -1.09. The lowest BCUT2D eigenvalue weighted by Crippen LogP contribution is -2.52. The Balaban J connectivity index is 0.000000366. The van der Waals surface area contributed by atoms with E-state index in [0.29, 0.717) is 0 Å². The number of nitrogens with zero attached hydrogens (tertiary/aromatic N) is 1. The van der Waals surface area contributed by atoms with Gasteiger partial charge in [-0.05, 0) is 6.54 Å². The number of quaternary nitrogens is 1. The van der Waals surface area contributed by atoms with Crippen LogP contribution in [0.1, 0.15) is 6.42 Å². The van der Waals surface area contributed by atoms with Crippen molar-refractivity contribution < 1.29 is 26.4 Å². The van der Waals surface area contributed by atoms with Crippen molar-refractivity contribution in [2.45, 2.75) is 6.42 Å². The molecule has 7 nitrogen and oxygen atoms in total. The Hall–Kier alpha value is -0.250. The number of likely N-dealkylation sites (N-methyl/N-ethyl adjacent to an activating group) is 1. The van der Waals surface area contributed by atoms with E-state index in [1.165, 1.54) is 6.54 Å². The van der Waals surface area contributed by atoms with Crippen molar-refractivity contribution in [3.63, 3.8) is 0 Å². The van der Waals surface area contributed by atoms with Crippen LogP contribution >= 0.6 is 0 Å². The molecule has 8 heteroatoms. The molecular weight excluding hydrogens is 248 g/mol. The second-order valence-corrected chi connectivity index (χ2v) is 5.27. The van der Waals surface area contributed by atoms with E-state index in [0.717, 1.165) is 50.9 Å². The molecular formula is C9H22N2O5S. The second kappa shape index (κ2) is 7.96. The van der Waals surface area contributed by atoms with Crippen LogP contribution in [-0.4, -0.2) is 71.0 Å². The highest BCUT2D eigenvalue weighted by Gasteiger charge is 2.23. The van der Waals surface area contributed by atoms with Crippen molar-refractivity contribution in [1.29, 1.82) is 0 Å². The SMILES string of the molecule is COS(=O)(=O)[O-].C[N+]1(CCCN)CCOCC1. The van der Waals surface area contributed by atoms with Gasteiger partial charge in [0.1, 0.15) is 13.1 Å². The Morgan fingerprint density at radius 1 is 1.41 bits per heavy atom. The minimum atomic E-state index is -4.41. The summed E-state index contributed by atoms with van der Waals surface area (Å²) in [6.07, 6.45) is 1.14. The Bertz CT molecular complexity index is 288. The van der Waals surface area contributed by atoms with Crippen LogP contribution in [0.4, 0.5) is 0 Å². The third-order valence-electron chi connectivity index (χ3n) is 2.66. The molecule has 1 fully saturated rings. The Morgan fingerprint density at radius 3 is 2.24 bits per heavy atom. The number of hydrogen-bond acceptors (Lipinski definition) is 6. The van der Waals surface area contributed by atoms with Crippen LogP contribution in [0.25, 0.3) is 0 Å². The van der Waals surface area contributed by atoms with Crippen LogP contribution < -0.4 is 5.73 Å². The zero-order valence-electron chi connectivity index (χ0n) is 10.4. The van der Waals surface area contributed by atoms with Gasteiger partial charge >= 0.3 is 0 Å². The van der Waals surface area contributed by atoms with Gasteiger partial charge in [-0.15, -0.1) is 0 Å². The van der Waals surface area contributed by atoms with Crippen molar-refractivity contribution in [2.24, 2.45) is 5.73 Å². The summed E-state index contributed by atoms with van der Waals surface area (Å²) >= 11 is 0. The zero-order valence-corrected chi connectivity index (χ0v) is 11.2. The van der Waals surface area contributed by atoms with Gasteiger partial charge in [-0.1, -0.05) is 0 Å². The number of nitrogens with two attached hydrogens (primary N) is 1. The lowest BCUT2D eigenvalue weighted by molar-refractivity contribution is -0.916. The fourth-order valence-corrected chi connectivity index (χ4v) is 1.48. The van der Waals surface area contributed by atoms with E-state index in [1.54, 1.807) is 0 Å². The first-order valence-corrected chi connectivity index (χ1v) is 6.79. The predicted molar refractivity (Wildman–Crippen MR) is 62.0 cm³/mol. The third kappa shape index (κ3) is 9.45. The van der Waals surface area contributed by atoms with Gasteiger partial charge in [-0.3, -0.25) is 4.18 Å². The molecule has 0 amide bonds. The van der Waals surface area contributed by atoms with Gasteiger partial charge in [0.15, 0.2) is 0 Å². The van der Waals surface area contributed by atoms with Crippen LogP contribution in [0, 0.1) is 0 Å². The first kappa shape index (κ1) is 16.8. The lowest BCUT2D eigenvalue weighted by Gasteiger charge is -2.37. The third-order valence-corrected chi connectivity index (χ3v) is 3.07. The maximum absolute atomic E-state index is 9.22. The number of ether oxygens (including phenoxy) is 1. The van der Waals surface area contributed by atoms with E-state index in [2.05, 4.69) is 11.2 Å². The normalized spacial score (nSPS) is 19.3. The average molecular weight is 270 g/mol. The van der Waals surface area contributed by atoms with E-state index in [4.69, 9.17) is 10.5 Å². The molecule has 0 unspecified atom stereocenters. The summed E-state index contributed by atoms with van der Waals surface area (Å²) in [7, 11) is -1.31. The first-order valence-electron chi connectivity index (χ1n) is 5.46. The molecule has 1 saturated heterocycles. The molecule has 1 heterocycles. The Kier molecular flexibility index (Phi) is 7.84. The maximum Gasteiger partial charge on any atom is 0.217 e. The molecule has 0 spiro atoms. The highest BCUT2D eigenvalue weighted by molar-refractivity contribution is 7.80. The fourth-order valence-electron chi connectivity index (χ4n) is 1.48. The average Bonchev–Trinajstić information content (AvgIpc) is 2.27. The van der Waals surface area contributed by atoms with Crippen LogP contribution in [-0.2, 0) is 19.3 Å². The minimum Gasteiger partial charge on any atom is -0.726 e. The van der Waals surface area contributed by atoms with E-state index >= 15 is 0 Å². The highest BCUT2D eigenvalue weighted by Crippen LogP contribution is 2.07. The second-order valence-electron chi connectivity index (χ2n) is 4.12. The molecule has 0 bridgehead atoms. The molecule has 0 radical (unpaired) electrons. The van der Waals surface area contributed by atoms with E-state index in [1.807, 2.05) is 0 Å². The number of hydrogen-bond donors (Lipinski definition) is 1. The zero-order chi connectivity index (χ0) is 13.4. The highest BCUT2D eigenvalue weighted by atomic mass is 32.3. The van der Waals surface area contributed by atoms with Crippen molar-refractivity contribution in [3.05, 3.63) is 0 Å². The molecule has 1 aliphatic rings. The van der Waals surface area contributed by atoms with E-state index in [-0.39, 0.29) is 0 Å². The molecule has 0 atom stereocenters. The molecule has 0 aromatic carbocycles. The first-order chi connectivity index (χ1) is 7.83. The summed E-state index contributed by atoms with van der Waals surface area (Å²) in [4.78, 5) is 0. The van der Waals surface area contributed by atoms with Crippen LogP contribution in [0.5, 0.6) is 0 Å². The van der Waals surface area contributed by atoms with Gasteiger partial charge in [0.05, 0.1) is 33.9 Å². The van der Waals surface area contributed by atoms with Gasteiger partial charge in [-0.25, -0.2) is 8.42 Å². The smallest absolute Gasteiger partial charge is 0.217 e. The largest absolute Gasteiger partial charge is 0.726 e. The molecule has 2 N–H and O–H groups in total. The monoisotopic (exact) mass is 270 g/mol. The van der Waals surface area contributed by atoms with Crippen molar-refractivity contribution in [2.75, 3.05) is 53.6 Å². The lowest BCUT2D eigenvalue weighted by atomic mass is 10.3. The molecule has 0 saturated carbocycles. The molecule has 1 aliphatic heterocycles.